The van der Waals surface area contributed by atoms with Crippen LogP contribution in [0.5, 0.6) is 0 Å². The minimum absolute atomic E-state index is 0.120. The van der Waals surface area contributed by atoms with Crippen LogP contribution < -0.4 is 5.32 Å². The van der Waals surface area contributed by atoms with Gasteiger partial charge < -0.3 is 5.32 Å². The lowest BCUT2D eigenvalue weighted by molar-refractivity contribution is 0.398. The second-order valence-electron chi connectivity index (χ2n) is 5.50. The van der Waals surface area contributed by atoms with Crippen LogP contribution in [-0.4, -0.2) is 6.54 Å². The first-order valence-electron chi connectivity index (χ1n) is 7.20. The van der Waals surface area contributed by atoms with E-state index in [2.05, 4.69) is 19.2 Å². The third-order valence-electron chi connectivity index (χ3n) is 4.11. The smallest absolute Gasteiger partial charge is 0.123 e. The van der Waals surface area contributed by atoms with E-state index in [1.54, 1.807) is 12.1 Å². The van der Waals surface area contributed by atoms with Gasteiger partial charge in [-0.15, -0.1) is 0 Å². The highest BCUT2D eigenvalue weighted by molar-refractivity contribution is 5.29. The van der Waals surface area contributed by atoms with Crippen molar-refractivity contribution in [2.45, 2.75) is 52.0 Å². The van der Waals surface area contributed by atoms with Crippen molar-refractivity contribution in [2.75, 3.05) is 6.54 Å². The highest BCUT2D eigenvalue weighted by Crippen LogP contribution is 2.34. The van der Waals surface area contributed by atoms with Gasteiger partial charge in [0.05, 0.1) is 0 Å². The Morgan fingerprint density at radius 1 is 1.33 bits per heavy atom. The Kier molecular flexibility index (Phi) is 4.76. The summed E-state index contributed by atoms with van der Waals surface area (Å²) in [5.74, 6) is 0.696. The molecule has 2 rings (SSSR count). The average molecular weight is 249 g/mol. The van der Waals surface area contributed by atoms with E-state index in [0.717, 1.165) is 24.4 Å². The van der Waals surface area contributed by atoms with E-state index in [9.17, 15) is 4.39 Å². The van der Waals surface area contributed by atoms with Crippen LogP contribution in [0.3, 0.4) is 0 Å². The standard InChI is InChI=1S/C16H24FN/c1-3-18-16(10-13-6-4-5-7-13)15-11-14(17)9-8-12(15)2/h8-9,11,13,16,18H,3-7,10H2,1-2H3. The molecule has 0 spiro atoms. The molecule has 1 atom stereocenters. The Hall–Kier alpha value is -0.890. The lowest BCUT2D eigenvalue weighted by Crippen LogP contribution is -2.24. The van der Waals surface area contributed by atoms with E-state index >= 15 is 0 Å². The fraction of sp³-hybridized carbons (Fsp3) is 0.625. The maximum Gasteiger partial charge on any atom is 0.123 e. The molecular formula is C16H24FN. The van der Waals surface area contributed by atoms with Crippen LogP contribution in [0.15, 0.2) is 18.2 Å². The summed E-state index contributed by atoms with van der Waals surface area (Å²) in [6.07, 6.45) is 6.57. The summed E-state index contributed by atoms with van der Waals surface area (Å²) in [7, 11) is 0. The molecule has 1 nitrogen and oxygen atoms in total. The minimum Gasteiger partial charge on any atom is -0.310 e. The Balaban J connectivity index is 2.14. The summed E-state index contributed by atoms with van der Waals surface area (Å²) >= 11 is 0. The monoisotopic (exact) mass is 249 g/mol. The molecule has 1 aliphatic rings. The number of hydrogen-bond donors (Lipinski definition) is 1. The lowest BCUT2D eigenvalue weighted by atomic mass is 9.91. The van der Waals surface area contributed by atoms with Gasteiger partial charge in [-0.1, -0.05) is 38.7 Å². The molecule has 0 radical (unpaired) electrons. The van der Waals surface area contributed by atoms with E-state index < -0.39 is 0 Å². The predicted molar refractivity (Wildman–Crippen MR) is 74.1 cm³/mol. The van der Waals surface area contributed by atoms with Gasteiger partial charge in [0.2, 0.25) is 0 Å². The van der Waals surface area contributed by atoms with Crippen LogP contribution in [0.4, 0.5) is 4.39 Å². The van der Waals surface area contributed by atoms with Crippen LogP contribution >= 0.6 is 0 Å². The number of aryl methyl sites for hydroxylation is 1. The largest absolute Gasteiger partial charge is 0.310 e. The quantitative estimate of drug-likeness (QED) is 0.817. The van der Waals surface area contributed by atoms with Gasteiger partial charge in [-0.2, -0.15) is 0 Å². The zero-order valence-electron chi connectivity index (χ0n) is 11.5. The fourth-order valence-corrected chi connectivity index (χ4v) is 3.13. The molecule has 0 aliphatic heterocycles. The third-order valence-corrected chi connectivity index (χ3v) is 4.11. The molecule has 1 aliphatic carbocycles. The molecule has 0 saturated heterocycles. The molecule has 1 unspecified atom stereocenters. The van der Waals surface area contributed by atoms with Crippen LogP contribution in [0.25, 0.3) is 0 Å². The average Bonchev–Trinajstić information content (AvgIpc) is 2.85. The molecular weight excluding hydrogens is 225 g/mol. The molecule has 1 aromatic carbocycles. The fourth-order valence-electron chi connectivity index (χ4n) is 3.13. The van der Waals surface area contributed by atoms with E-state index in [1.807, 2.05) is 6.07 Å². The predicted octanol–water partition coefficient (Wildman–Crippen LogP) is 4.37. The Bertz CT molecular complexity index is 383. The van der Waals surface area contributed by atoms with Crippen molar-refractivity contribution >= 4 is 0 Å². The number of rotatable bonds is 5. The third kappa shape index (κ3) is 3.32. The van der Waals surface area contributed by atoms with Crippen molar-refractivity contribution in [1.29, 1.82) is 0 Å². The molecule has 1 N–H and O–H groups in total. The van der Waals surface area contributed by atoms with E-state index in [1.165, 1.54) is 31.2 Å². The topological polar surface area (TPSA) is 12.0 Å². The van der Waals surface area contributed by atoms with Gasteiger partial charge in [-0.05, 0) is 49.1 Å². The molecule has 1 saturated carbocycles. The summed E-state index contributed by atoms with van der Waals surface area (Å²) in [6, 6.07) is 5.47. The molecule has 1 fully saturated rings. The number of halogens is 1. The lowest BCUT2D eigenvalue weighted by Gasteiger charge is -2.23. The first kappa shape index (κ1) is 13.5. The highest BCUT2D eigenvalue weighted by atomic mass is 19.1. The molecule has 0 bridgehead atoms. The number of benzene rings is 1. The van der Waals surface area contributed by atoms with Gasteiger partial charge in [0.15, 0.2) is 0 Å². The minimum atomic E-state index is -0.120. The van der Waals surface area contributed by atoms with Crippen molar-refractivity contribution < 1.29 is 4.39 Å². The summed E-state index contributed by atoms with van der Waals surface area (Å²) < 4.78 is 13.4. The molecule has 0 aromatic heterocycles. The van der Waals surface area contributed by atoms with E-state index in [0.29, 0.717) is 6.04 Å². The maximum absolute atomic E-state index is 13.4. The maximum atomic E-state index is 13.4. The molecule has 1 aromatic rings. The summed E-state index contributed by atoms with van der Waals surface area (Å²) in [6.45, 7) is 5.14. The van der Waals surface area contributed by atoms with Gasteiger partial charge in [0.1, 0.15) is 5.82 Å². The van der Waals surface area contributed by atoms with E-state index in [-0.39, 0.29) is 5.82 Å². The van der Waals surface area contributed by atoms with E-state index in [4.69, 9.17) is 0 Å². The summed E-state index contributed by atoms with van der Waals surface area (Å²) in [5.41, 5.74) is 2.34. The van der Waals surface area contributed by atoms with Gasteiger partial charge in [-0.3, -0.25) is 0 Å². The van der Waals surface area contributed by atoms with Crippen LogP contribution in [0.2, 0.25) is 0 Å². The summed E-state index contributed by atoms with van der Waals surface area (Å²) in [4.78, 5) is 0. The van der Waals surface area contributed by atoms with Crippen LogP contribution in [-0.2, 0) is 0 Å². The van der Waals surface area contributed by atoms with Crippen molar-refractivity contribution in [3.05, 3.63) is 35.1 Å². The Labute approximate surface area is 110 Å². The summed E-state index contributed by atoms with van der Waals surface area (Å²) in [5, 5.41) is 3.53. The highest BCUT2D eigenvalue weighted by Gasteiger charge is 2.22. The number of nitrogens with one attached hydrogen (secondary N) is 1. The van der Waals surface area contributed by atoms with Crippen molar-refractivity contribution in [1.82, 2.24) is 5.32 Å². The molecule has 2 heteroatoms. The van der Waals surface area contributed by atoms with Gasteiger partial charge in [0, 0.05) is 6.04 Å². The normalized spacial score (nSPS) is 18.2. The van der Waals surface area contributed by atoms with Gasteiger partial charge in [0.25, 0.3) is 0 Å². The van der Waals surface area contributed by atoms with Gasteiger partial charge >= 0.3 is 0 Å². The zero-order chi connectivity index (χ0) is 13.0. The second-order valence-corrected chi connectivity index (χ2v) is 5.50. The van der Waals surface area contributed by atoms with Gasteiger partial charge in [-0.25, -0.2) is 4.39 Å². The van der Waals surface area contributed by atoms with Crippen LogP contribution in [0.1, 0.15) is 56.2 Å². The first-order valence-corrected chi connectivity index (χ1v) is 7.20. The Morgan fingerprint density at radius 3 is 2.72 bits per heavy atom. The molecule has 0 heterocycles. The van der Waals surface area contributed by atoms with Crippen molar-refractivity contribution in [2.24, 2.45) is 5.92 Å². The first-order chi connectivity index (χ1) is 8.70. The van der Waals surface area contributed by atoms with Crippen LogP contribution in [0, 0.1) is 18.7 Å². The van der Waals surface area contributed by atoms with Crippen molar-refractivity contribution in [3.63, 3.8) is 0 Å². The number of hydrogen-bond acceptors (Lipinski definition) is 1. The molecule has 0 amide bonds. The zero-order valence-corrected chi connectivity index (χ0v) is 11.5. The molecule has 100 valence electrons. The Morgan fingerprint density at radius 2 is 2.06 bits per heavy atom. The molecule has 18 heavy (non-hydrogen) atoms. The second kappa shape index (κ2) is 6.33. The SMILES string of the molecule is CCNC(CC1CCCC1)c1cc(F)ccc1C. The van der Waals surface area contributed by atoms with Crippen molar-refractivity contribution in [3.8, 4) is 0 Å².